The lowest BCUT2D eigenvalue weighted by molar-refractivity contribution is -0.669. The number of anilines is 1. The molecule has 0 saturated carbocycles. The van der Waals surface area contributed by atoms with E-state index in [9.17, 15) is 13.0 Å². The number of thioether (sulfide) groups is 1. The summed E-state index contributed by atoms with van der Waals surface area (Å²) >= 11 is 10.5. The van der Waals surface area contributed by atoms with Crippen molar-refractivity contribution in [2.24, 2.45) is 0 Å². The Balaban J connectivity index is 1.36. The zero-order valence-electron chi connectivity index (χ0n) is 23.9. The van der Waals surface area contributed by atoms with Gasteiger partial charge >= 0.3 is 0 Å². The molecule has 0 spiro atoms. The van der Waals surface area contributed by atoms with E-state index < -0.39 is 10.1 Å². The SMILES string of the molecule is CCCCC[n+]1c(C=CC2=C(Cl)C(=CC=C3Sc4ccccc4N3CCCCS(=O)(=O)[O-])CCC2)sc2ccccc21. The highest BCUT2D eigenvalue weighted by Crippen LogP contribution is 2.46. The van der Waals surface area contributed by atoms with Crippen LogP contribution >= 0.6 is 34.7 Å². The predicted octanol–water partition coefficient (Wildman–Crippen LogP) is 8.77. The molecule has 1 aliphatic carbocycles. The maximum Gasteiger partial charge on any atom is 0.262 e. The summed E-state index contributed by atoms with van der Waals surface area (Å²) in [5.41, 5.74) is 4.71. The van der Waals surface area contributed by atoms with Crippen LogP contribution in [0.15, 0.2) is 92.9 Å². The number of benzene rings is 2. The Labute approximate surface area is 263 Å². The molecule has 2 aliphatic rings. The van der Waals surface area contributed by atoms with Crippen molar-refractivity contribution in [2.75, 3.05) is 17.2 Å². The summed E-state index contributed by atoms with van der Waals surface area (Å²) in [6.07, 6.45) is 16.2. The van der Waals surface area contributed by atoms with Gasteiger partial charge in [0.05, 0.1) is 20.8 Å². The van der Waals surface area contributed by atoms with Crippen LogP contribution in [0.4, 0.5) is 5.69 Å². The Morgan fingerprint density at radius 2 is 1.81 bits per heavy atom. The summed E-state index contributed by atoms with van der Waals surface area (Å²) in [5.74, 6) is -0.324. The van der Waals surface area contributed by atoms with Gasteiger partial charge < -0.3 is 9.45 Å². The zero-order valence-corrected chi connectivity index (χ0v) is 27.1. The predicted molar refractivity (Wildman–Crippen MR) is 177 cm³/mol. The number of aromatic nitrogens is 1. The molecule has 1 aliphatic heterocycles. The van der Waals surface area contributed by atoms with Crippen molar-refractivity contribution in [3.05, 3.63) is 93.0 Å². The van der Waals surface area contributed by atoms with Gasteiger partial charge in [-0.2, -0.15) is 4.57 Å². The van der Waals surface area contributed by atoms with Crippen molar-refractivity contribution in [3.63, 3.8) is 0 Å². The second-order valence-electron chi connectivity index (χ2n) is 10.7. The van der Waals surface area contributed by atoms with Crippen LogP contribution in [-0.4, -0.2) is 25.3 Å². The molecule has 0 saturated heterocycles. The lowest BCUT2D eigenvalue weighted by atomic mass is 9.94. The molecule has 3 aromatic rings. The monoisotopic (exact) mass is 640 g/mol. The largest absolute Gasteiger partial charge is 0.748 e. The van der Waals surface area contributed by atoms with Gasteiger partial charge in [0, 0.05) is 40.8 Å². The van der Waals surface area contributed by atoms with Gasteiger partial charge in [-0.3, -0.25) is 0 Å². The van der Waals surface area contributed by atoms with Crippen LogP contribution in [0, 0.1) is 0 Å². The minimum absolute atomic E-state index is 0.324. The van der Waals surface area contributed by atoms with E-state index in [1.54, 1.807) is 11.8 Å². The lowest BCUT2D eigenvalue weighted by Crippen LogP contribution is -2.35. The summed E-state index contributed by atoms with van der Waals surface area (Å²) in [6.45, 7) is 3.91. The molecule has 222 valence electrons. The van der Waals surface area contributed by atoms with Crippen LogP contribution in [0.1, 0.15) is 63.3 Å². The van der Waals surface area contributed by atoms with Gasteiger partial charge in [-0.05, 0) is 73.9 Å². The number of para-hydroxylation sites is 2. The number of thiazole rings is 1. The van der Waals surface area contributed by atoms with Crippen LogP contribution in [-0.2, 0) is 16.7 Å². The smallest absolute Gasteiger partial charge is 0.262 e. The first kappa shape index (κ1) is 31.1. The molecule has 0 atom stereocenters. The summed E-state index contributed by atoms with van der Waals surface area (Å²) in [7, 11) is -4.19. The van der Waals surface area contributed by atoms with Crippen LogP contribution in [0.2, 0.25) is 0 Å². The van der Waals surface area contributed by atoms with E-state index >= 15 is 0 Å². The molecule has 0 radical (unpaired) electrons. The van der Waals surface area contributed by atoms with Crippen LogP contribution in [0.5, 0.6) is 0 Å². The topological polar surface area (TPSA) is 64.3 Å². The Hall–Kier alpha value is -2.36. The Kier molecular flexibility index (Phi) is 10.7. The average molecular weight is 641 g/mol. The molecule has 2 heterocycles. The lowest BCUT2D eigenvalue weighted by Gasteiger charge is -2.21. The zero-order chi connectivity index (χ0) is 29.5. The van der Waals surface area contributed by atoms with Gasteiger partial charge in [0.25, 0.3) is 5.01 Å². The van der Waals surface area contributed by atoms with Gasteiger partial charge in [0.1, 0.15) is 4.70 Å². The fourth-order valence-corrected chi connectivity index (χ4v) is 8.49. The summed E-state index contributed by atoms with van der Waals surface area (Å²) in [6, 6.07) is 16.9. The first-order chi connectivity index (χ1) is 20.3. The van der Waals surface area contributed by atoms with Crippen LogP contribution < -0.4 is 9.47 Å². The fraction of sp³-hybridized carbons (Fsp3) is 0.364. The molecule has 0 fully saturated rings. The summed E-state index contributed by atoms with van der Waals surface area (Å²) < 4.78 is 36.9. The number of nitrogens with zero attached hydrogens (tertiary/aromatic N) is 2. The molecular formula is C33H37ClN2O3S3. The van der Waals surface area contributed by atoms with E-state index in [0.717, 1.165) is 47.1 Å². The van der Waals surface area contributed by atoms with E-state index in [0.29, 0.717) is 19.4 Å². The normalized spacial score (nSPS) is 17.8. The number of unbranched alkanes of at least 4 members (excludes halogenated alkanes) is 3. The molecule has 0 unspecified atom stereocenters. The number of hydrogen-bond acceptors (Lipinski definition) is 6. The highest BCUT2D eigenvalue weighted by molar-refractivity contribution is 8.03. The molecule has 9 heteroatoms. The molecule has 5 rings (SSSR count). The maximum atomic E-state index is 11.0. The maximum absolute atomic E-state index is 11.0. The van der Waals surface area contributed by atoms with Crippen LogP contribution in [0.3, 0.4) is 0 Å². The third kappa shape index (κ3) is 7.77. The molecular weight excluding hydrogens is 604 g/mol. The van der Waals surface area contributed by atoms with Gasteiger partial charge in [-0.15, -0.1) is 0 Å². The second kappa shape index (κ2) is 14.4. The molecule has 0 N–H and O–H groups in total. The number of allylic oxidation sites excluding steroid dienone is 6. The minimum Gasteiger partial charge on any atom is -0.748 e. The Morgan fingerprint density at radius 3 is 2.64 bits per heavy atom. The van der Waals surface area contributed by atoms with E-state index in [-0.39, 0.29) is 5.75 Å². The molecule has 2 aromatic carbocycles. The van der Waals surface area contributed by atoms with Crippen molar-refractivity contribution < 1.29 is 17.5 Å². The Morgan fingerprint density at radius 1 is 1.00 bits per heavy atom. The van der Waals surface area contributed by atoms with Crippen molar-refractivity contribution >= 4 is 66.8 Å². The van der Waals surface area contributed by atoms with Gasteiger partial charge in [-0.1, -0.05) is 84.5 Å². The average Bonchev–Trinajstić information content (AvgIpc) is 3.51. The van der Waals surface area contributed by atoms with E-state index in [1.165, 1.54) is 45.0 Å². The number of rotatable bonds is 12. The number of aryl methyl sites for hydroxylation is 1. The summed E-state index contributed by atoms with van der Waals surface area (Å²) in [4.78, 5) is 3.39. The van der Waals surface area contributed by atoms with E-state index in [4.69, 9.17) is 11.6 Å². The number of hydrogen-bond donors (Lipinski definition) is 0. The molecule has 42 heavy (non-hydrogen) atoms. The van der Waals surface area contributed by atoms with Crippen molar-refractivity contribution in [1.29, 1.82) is 0 Å². The van der Waals surface area contributed by atoms with Crippen molar-refractivity contribution in [2.45, 2.75) is 69.7 Å². The molecule has 5 nitrogen and oxygen atoms in total. The van der Waals surface area contributed by atoms with Crippen molar-refractivity contribution in [1.82, 2.24) is 0 Å². The fourth-order valence-electron chi connectivity index (χ4n) is 5.44. The van der Waals surface area contributed by atoms with Gasteiger partial charge in [-0.25, -0.2) is 8.42 Å². The third-order valence-electron chi connectivity index (χ3n) is 7.59. The third-order valence-corrected chi connectivity index (χ3v) is 11.1. The number of fused-ring (bicyclic) bond motifs is 2. The molecule has 1 aromatic heterocycles. The quantitative estimate of drug-likeness (QED) is 0.112. The Bertz CT molecular complexity index is 1650. The van der Waals surface area contributed by atoms with Crippen LogP contribution in [0.25, 0.3) is 16.3 Å². The van der Waals surface area contributed by atoms with E-state index in [2.05, 4.69) is 77.1 Å². The number of halogens is 1. The first-order valence-corrected chi connectivity index (χ1v) is 18.3. The van der Waals surface area contributed by atoms with Gasteiger partial charge in [0.2, 0.25) is 5.52 Å². The summed E-state index contributed by atoms with van der Waals surface area (Å²) in [5, 5.41) is 3.17. The highest BCUT2D eigenvalue weighted by Gasteiger charge is 2.24. The molecule has 0 amide bonds. The highest BCUT2D eigenvalue weighted by atomic mass is 35.5. The van der Waals surface area contributed by atoms with Crippen molar-refractivity contribution in [3.8, 4) is 0 Å². The van der Waals surface area contributed by atoms with Gasteiger partial charge in [0.15, 0.2) is 6.54 Å². The standard InChI is InChI=1S/C33H37ClN2O3S3/c1-2-3-8-22-35-27-14-4-6-16-29(27)40-31(35)20-18-25-12-11-13-26(33(25)34)19-21-32-36(23-9-10-24-42(37,38)39)28-15-5-7-17-30(28)41-32/h4-7,14-21H,2-3,8-13,22-24H2,1H3. The second-order valence-corrected chi connectivity index (χ2v) is 14.7. The minimum atomic E-state index is -4.19. The van der Waals surface area contributed by atoms with E-state index in [1.807, 2.05) is 23.5 Å². The first-order valence-electron chi connectivity index (χ1n) is 14.7. The molecule has 0 bridgehead atoms.